The molecule has 0 radical (unpaired) electrons. The van der Waals surface area contributed by atoms with Crippen LogP contribution in [-0.2, 0) is 5.92 Å². The number of hydrogen-bond donors (Lipinski definition) is 2. The number of nitrogens with one attached hydrogen (secondary N) is 1. The first-order chi connectivity index (χ1) is 18.2. The Bertz CT molecular complexity index is 1340. The van der Waals surface area contributed by atoms with Gasteiger partial charge in [-0.25, -0.2) is 14.4 Å². The number of fused-ring (bicyclic) bond motifs is 1. The molecule has 3 heterocycles. The van der Waals surface area contributed by atoms with E-state index >= 15 is 4.39 Å². The molecule has 0 aliphatic carbocycles. The summed E-state index contributed by atoms with van der Waals surface area (Å²) in [5, 5.41) is 13.8. The summed E-state index contributed by atoms with van der Waals surface area (Å²) in [7, 11) is 1.57. The molecule has 0 unspecified atom stereocenters. The van der Waals surface area contributed by atoms with Crippen LogP contribution in [0.1, 0.15) is 57.6 Å². The van der Waals surface area contributed by atoms with Crippen molar-refractivity contribution in [3.63, 3.8) is 0 Å². The Labute approximate surface area is 227 Å². The van der Waals surface area contributed by atoms with E-state index in [1.165, 1.54) is 12.1 Å². The molecule has 1 saturated heterocycles. The zero-order valence-corrected chi connectivity index (χ0v) is 23.5. The van der Waals surface area contributed by atoms with E-state index < -0.39 is 28.9 Å². The highest BCUT2D eigenvalue weighted by molar-refractivity contribution is 5.90. The number of aromatic nitrogens is 3. The van der Waals surface area contributed by atoms with E-state index in [4.69, 9.17) is 4.74 Å². The molecule has 212 valence electrons. The number of rotatable bonds is 8. The standard InChI is InChI=1S/C28H37F3N6O2/c1-16(2)36-11-13-37(14-12-36)22-15-20-24(33-18(4)34-25(20)35-26(22)39-7)32-17(3)19-9-8-10-21(23(19)29)28(30,31)27(5,6)38/h8-10,15-17,38H,11-14H2,1-7H3,(H,32,33,34,35)/t17-/m1/s1. The average molecular weight is 547 g/mol. The molecule has 0 bridgehead atoms. The molecule has 4 rings (SSSR count). The maximum absolute atomic E-state index is 15.4. The van der Waals surface area contributed by atoms with Gasteiger partial charge in [-0.05, 0) is 53.7 Å². The lowest BCUT2D eigenvalue weighted by molar-refractivity contribution is -0.170. The molecule has 0 amide bonds. The van der Waals surface area contributed by atoms with Crippen molar-refractivity contribution in [1.82, 2.24) is 19.9 Å². The summed E-state index contributed by atoms with van der Waals surface area (Å²) in [6.07, 6.45) is 0. The van der Waals surface area contributed by atoms with Crippen molar-refractivity contribution in [2.24, 2.45) is 0 Å². The minimum Gasteiger partial charge on any atom is -0.479 e. The van der Waals surface area contributed by atoms with Crippen LogP contribution in [0.4, 0.5) is 24.7 Å². The fraction of sp³-hybridized carbons (Fsp3) is 0.536. The summed E-state index contributed by atoms with van der Waals surface area (Å²) in [6.45, 7) is 13.0. The first-order valence-electron chi connectivity index (χ1n) is 13.1. The third-order valence-corrected chi connectivity index (χ3v) is 7.28. The largest absolute Gasteiger partial charge is 0.479 e. The molecular weight excluding hydrogens is 509 g/mol. The van der Waals surface area contributed by atoms with Gasteiger partial charge in [0.1, 0.15) is 28.7 Å². The second kappa shape index (κ2) is 10.8. The Morgan fingerprint density at radius 1 is 1.05 bits per heavy atom. The summed E-state index contributed by atoms with van der Waals surface area (Å²) in [6, 6.07) is 5.43. The van der Waals surface area contributed by atoms with Gasteiger partial charge in [-0.15, -0.1) is 0 Å². The number of methoxy groups -OCH3 is 1. The molecular formula is C28H37F3N6O2. The summed E-state index contributed by atoms with van der Waals surface area (Å²) in [5.41, 5.74) is -2.08. The Morgan fingerprint density at radius 2 is 1.72 bits per heavy atom. The van der Waals surface area contributed by atoms with Gasteiger partial charge in [-0.3, -0.25) is 4.90 Å². The molecule has 1 fully saturated rings. The Hall–Kier alpha value is -3.18. The van der Waals surface area contributed by atoms with Crippen molar-refractivity contribution in [2.45, 2.75) is 65.1 Å². The number of aliphatic hydroxyl groups is 1. The van der Waals surface area contributed by atoms with Crippen LogP contribution in [0.5, 0.6) is 5.88 Å². The summed E-state index contributed by atoms with van der Waals surface area (Å²) in [4.78, 5) is 18.3. The average Bonchev–Trinajstić information content (AvgIpc) is 2.87. The van der Waals surface area contributed by atoms with Crippen molar-refractivity contribution < 1.29 is 23.0 Å². The van der Waals surface area contributed by atoms with Crippen molar-refractivity contribution in [2.75, 3.05) is 43.5 Å². The van der Waals surface area contributed by atoms with Gasteiger partial charge in [0.15, 0.2) is 5.65 Å². The molecule has 39 heavy (non-hydrogen) atoms. The maximum atomic E-state index is 15.4. The molecule has 11 heteroatoms. The third kappa shape index (κ3) is 5.60. The zero-order valence-electron chi connectivity index (χ0n) is 23.5. The summed E-state index contributed by atoms with van der Waals surface area (Å²) >= 11 is 0. The maximum Gasteiger partial charge on any atom is 0.303 e. The summed E-state index contributed by atoms with van der Waals surface area (Å²) < 4.78 is 50.8. The van der Waals surface area contributed by atoms with Gasteiger partial charge in [0, 0.05) is 37.8 Å². The number of anilines is 2. The fourth-order valence-electron chi connectivity index (χ4n) is 4.84. The van der Waals surface area contributed by atoms with Gasteiger partial charge in [0.05, 0.1) is 24.1 Å². The van der Waals surface area contributed by atoms with E-state index in [1.54, 1.807) is 21.0 Å². The van der Waals surface area contributed by atoms with Gasteiger partial charge in [0.25, 0.3) is 0 Å². The molecule has 2 aromatic heterocycles. The Balaban J connectivity index is 1.72. The lowest BCUT2D eigenvalue weighted by Gasteiger charge is -2.38. The fourth-order valence-corrected chi connectivity index (χ4v) is 4.84. The minimum atomic E-state index is -3.79. The van der Waals surface area contributed by atoms with Crippen LogP contribution in [0, 0.1) is 12.7 Å². The van der Waals surface area contributed by atoms with E-state index in [-0.39, 0.29) is 5.56 Å². The van der Waals surface area contributed by atoms with Crippen LogP contribution in [0.3, 0.4) is 0 Å². The number of pyridine rings is 1. The molecule has 3 aromatic rings. The molecule has 8 nitrogen and oxygen atoms in total. The monoisotopic (exact) mass is 546 g/mol. The lowest BCUT2D eigenvalue weighted by atomic mass is 9.91. The van der Waals surface area contributed by atoms with Gasteiger partial charge in [-0.2, -0.15) is 13.8 Å². The van der Waals surface area contributed by atoms with Gasteiger partial charge < -0.3 is 20.1 Å². The number of halogens is 3. The molecule has 0 spiro atoms. The minimum absolute atomic E-state index is 0.0207. The van der Waals surface area contributed by atoms with Crippen LogP contribution in [0.25, 0.3) is 11.0 Å². The number of nitrogens with zero attached hydrogens (tertiary/aromatic N) is 5. The predicted molar refractivity (Wildman–Crippen MR) is 146 cm³/mol. The Kier molecular flexibility index (Phi) is 7.96. The van der Waals surface area contributed by atoms with Crippen molar-refractivity contribution in [3.05, 3.63) is 47.0 Å². The molecule has 1 aliphatic rings. The van der Waals surface area contributed by atoms with E-state index in [2.05, 4.69) is 43.9 Å². The lowest BCUT2D eigenvalue weighted by Crippen LogP contribution is -2.49. The van der Waals surface area contributed by atoms with Crippen LogP contribution < -0.4 is 15.0 Å². The molecule has 2 N–H and O–H groups in total. The van der Waals surface area contributed by atoms with E-state index in [9.17, 15) is 13.9 Å². The van der Waals surface area contributed by atoms with Crippen LogP contribution in [0.2, 0.25) is 0 Å². The van der Waals surface area contributed by atoms with E-state index in [0.29, 0.717) is 34.6 Å². The number of hydrogen-bond acceptors (Lipinski definition) is 8. The van der Waals surface area contributed by atoms with Crippen LogP contribution in [0.15, 0.2) is 24.3 Å². The number of piperazine rings is 1. The quantitative estimate of drug-likeness (QED) is 0.406. The summed E-state index contributed by atoms with van der Waals surface area (Å²) in [5.74, 6) is -3.58. The van der Waals surface area contributed by atoms with Gasteiger partial charge >= 0.3 is 5.92 Å². The highest BCUT2D eigenvalue weighted by atomic mass is 19.3. The number of ether oxygens (including phenoxy) is 1. The predicted octanol–water partition coefficient (Wildman–Crippen LogP) is 5.05. The Morgan fingerprint density at radius 3 is 2.31 bits per heavy atom. The molecule has 1 atom stereocenters. The first kappa shape index (κ1) is 28.8. The van der Waals surface area contributed by atoms with Crippen LogP contribution in [-0.4, -0.2) is 69.9 Å². The third-order valence-electron chi connectivity index (χ3n) is 7.28. The smallest absolute Gasteiger partial charge is 0.303 e. The van der Waals surface area contributed by atoms with Crippen molar-refractivity contribution in [1.29, 1.82) is 0 Å². The highest BCUT2D eigenvalue weighted by Crippen LogP contribution is 2.41. The topological polar surface area (TPSA) is 86.6 Å². The van der Waals surface area contributed by atoms with Crippen molar-refractivity contribution >= 4 is 22.5 Å². The van der Waals surface area contributed by atoms with Gasteiger partial charge in [-0.1, -0.05) is 12.1 Å². The number of benzene rings is 1. The molecule has 1 aliphatic heterocycles. The van der Waals surface area contributed by atoms with Crippen LogP contribution >= 0.6 is 0 Å². The number of alkyl halides is 2. The van der Waals surface area contributed by atoms with E-state index in [0.717, 1.165) is 51.8 Å². The second-order valence-electron chi connectivity index (χ2n) is 10.8. The number of aryl methyl sites for hydroxylation is 1. The van der Waals surface area contributed by atoms with E-state index in [1.807, 2.05) is 6.07 Å². The highest BCUT2D eigenvalue weighted by Gasteiger charge is 2.49. The second-order valence-corrected chi connectivity index (χ2v) is 10.8. The molecule has 0 saturated carbocycles. The van der Waals surface area contributed by atoms with Crippen molar-refractivity contribution in [3.8, 4) is 5.88 Å². The van der Waals surface area contributed by atoms with Gasteiger partial charge in [0.2, 0.25) is 5.88 Å². The molecule has 1 aromatic carbocycles. The SMILES string of the molecule is COc1nc2nc(C)nc(N[C@H](C)c3cccc(C(F)(F)C(C)(C)O)c3F)c2cc1N1CCN(C(C)C)CC1. The normalized spacial score (nSPS) is 16.2. The first-order valence-corrected chi connectivity index (χ1v) is 13.1. The zero-order chi connectivity index (χ0) is 28.7.